The number of hydrogen-bond acceptors (Lipinski definition) is 6. The van der Waals surface area contributed by atoms with E-state index in [1.165, 1.54) is 11.8 Å². The normalized spacial score (nSPS) is 10.9. The number of aromatic amines is 1. The number of nitrogens with zero attached hydrogens (tertiary/aromatic N) is 5. The van der Waals surface area contributed by atoms with Crippen LogP contribution in [0.2, 0.25) is 0 Å². The molecular weight excluding hydrogens is 364 g/mol. The van der Waals surface area contributed by atoms with Crippen LogP contribution in [-0.4, -0.2) is 62.3 Å². The summed E-state index contributed by atoms with van der Waals surface area (Å²) in [6.07, 6.45) is 5.59. The number of thioether (sulfide) groups is 1. The van der Waals surface area contributed by atoms with Gasteiger partial charge in [-0.3, -0.25) is 14.6 Å². The van der Waals surface area contributed by atoms with Gasteiger partial charge in [-0.25, -0.2) is 4.98 Å². The van der Waals surface area contributed by atoms with Gasteiger partial charge in [0.25, 0.3) is 5.91 Å². The van der Waals surface area contributed by atoms with Crippen LogP contribution in [0.25, 0.3) is 11.4 Å². The minimum absolute atomic E-state index is 0.0673. The van der Waals surface area contributed by atoms with Crippen molar-refractivity contribution in [2.75, 3.05) is 26.5 Å². The van der Waals surface area contributed by atoms with E-state index in [1.54, 1.807) is 29.0 Å². The molecule has 0 spiro atoms. The lowest BCUT2D eigenvalue weighted by Gasteiger charge is -2.22. The summed E-state index contributed by atoms with van der Waals surface area (Å²) >= 11 is 1.46. The first-order valence-corrected chi connectivity index (χ1v) is 9.65. The van der Waals surface area contributed by atoms with Gasteiger partial charge in [-0.15, -0.1) is 5.10 Å². The third-order valence-corrected chi connectivity index (χ3v) is 4.56. The number of carbonyl (C=O) groups is 1. The second-order valence-electron chi connectivity index (χ2n) is 5.99. The van der Waals surface area contributed by atoms with Crippen LogP contribution in [-0.2, 0) is 18.3 Å². The third-order valence-electron chi connectivity index (χ3n) is 4.01. The number of H-pyrrole nitrogens is 1. The van der Waals surface area contributed by atoms with E-state index in [9.17, 15) is 4.79 Å². The van der Waals surface area contributed by atoms with Crippen molar-refractivity contribution in [3.8, 4) is 11.4 Å². The van der Waals surface area contributed by atoms with E-state index in [1.807, 2.05) is 37.7 Å². The maximum absolute atomic E-state index is 13.1. The lowest BCUT2D eigenvalue weighted by molar-refractivity contribution is 0.0680. The van der Waals surface area contributed by atoms with Crippen molar-refractivity contribution in [2.45, 2.75) is 11.7 Å². The molecule has 2 heterocycles. The van der Waals surface area contributed by atoms with Crippen LogP contribution in [0.3, 0.4) is 0 Å². The van der Waals surface area contributed by atoms with E-state index in [0.717, 1.165) is 11.1 Å². The number of aryl methyl sites for hydroxylation is 1. The number of methoxy groups -OCH3 is 1. The van der Waals surface area contributed by atoms with Crippen LogP contribution in [0, 0.1) is 0 Å². The molecule has 142 valence electrons. The van der Waals surface area contributed by atoms with Gasteiger partial charge >= 0.3 is 0 Å². The van der Waals surface area contributed by atoms with Crippen LogP contribution >= 0.6 is 11.8 Å². The molecule has 0 fully saturated rings. The van der Waals surface area contributed by atoms with Crippen LogP contribution in [0.5, 0.6) is 0 Å². The van der Waals surface area contributed by atoms with Crippen molar-refractivity contribution in [3.63, 3.8) is 0 Å². The van der Waals surface area contributed by atoms with Crippen LogP contribution in [0.4, 0.5) is 0 Å². The number of carbonyl (C=O) groups excluding carboxylic acids is 1. The quantitative estimate of drug-likeness (QED) is 0.597. The Labute approximate surface area is 161 Å². The number of hydrogen-bond donors (Lipinski definition) is 1. The topological polar surface area (TPSA) is 88.9 Å². The van der Waals surface area contributed by atoms with E-state index >= 15 is 0 Å². The van der Waals surface area contributed by atoms with E-state index in [-0.39, 0.29) is 5.91 Å². The number of benzene rings is 1. The summed E-state index contributed by atoms with van der Waals surface area (Å²) < 4.78 is 6.89. The lowest BCUT2D eigenvalue weighted by Crippen LogP contribution is -2.33. The van der Waals surface area contributed by atoms with Gasteiger partial charge in [-0.2, -0.15) is 5.10 Å². The first kappa shape index (κ1) is 19.1. The van der Waals surface area contributed by atoms with Gasteiger partial charge in [-0.1, -0.05) is 23.9 Å². The Morgan fingerprint density at radius 2 is 2.26 bits per heavy atom. The zero-order valence-corrected chi connectivity index (χ0v) is 16.4. The molecule has 0 atom stereocenters. The molecule has 0 radical (unpaired) electrons. The Hall–Kier alpha value is -2.65. The molecule has 27 heavy (non-hydrogen) atoms. The summed E-state index contributed by atoms with van der Waals surface area (Å²) in [5.41, 5.74) is 2.38. The second-order valence-corrected chi connectivity index (χ2v) is 6.77. The molecule has 1 aromatic carbocycles. The van der Waals surface area contributed by atoms with Crippen molar-refractivity contribution < 1.29 is 9.53 Å². The van der Waals surface area contributed by atoms with Crippen LogP contribution in [0.15, 0.2) is 41.8 Å². The van der Waals surface area contributed by atoms with Gasteiger partial charge in [0.15, 0.2) is 5.82 Å². The summed E-state index contributed by atoms with van der Waals surface area (Å²) in [4.78, 5) is 19.3. The first-order valence-electron chi connectivity index (χ1n) is 8.43. The van der Waals surface area contributed by atoms with Crippen LogP contribution in [0.1, 0.15) is 15.9 Å². The molecule has 0 bridgehead atoms. The molecule has 0 saturated heterocycles. The number of nitrogens with one attached hydrogen (secondary N) is 1. The Morgan fingerprint density at radius 1 is 1.41 bits per heavy atom. The Balaban J connectivity index is 1.83. The third kappa shape index (κ3) is 4.75. The fourth-order valence-corrected chi connectivity index (χ4v) is 3.00. The van der Waals surface area contributed by atoms with Gasteiger partial charge in [0.1, 0.15) is 0 Å². The SMILES string of the molecule is COCCN(Cc1cnn(C)c1)C(=O)c1cccc(-c2nc(SC)n[nH]2)c1. The summed E-state index contributed by atoms with van der Waals surface area (Å²) in [6.45, 7) is 1.43. The smallest absolute Gasteiger partial charge is 0.254 e. The molecule has 0 saturated carbocycles. The van der Waals surface area contributed by atoms with Gasteiger partial charge in [0.05, 0.1) is 12.8 Å². The molecule has 0 unspecified atom stereocenters. The number of rotatable bonds is 8. The number of ether oxygens (including phenoxy) is 1. The summed E-state index contributed by atoms with van der Waals surface area (Å²) in [5.74, 6) is 0.576. The minimum Gasteiger partial charge on any atom is -0.383 e. The van der Waals surface area contributed by atoms with Crippen LogP contribution < -0.4 is 0 Å². The molecule has 1 N–H and O–H groups in total. The zero-order chi connectivity index (χ0) is 19.2. The maximum Gasteiger partial charge on any atom is 0.254 e. The Bertz CT molecular complexity index is 907. The monoisotopic (exact) mass is 386 g/mol. The Morgan fingerprint density at radius 3 is 2.93 bits per heavy atom. The molecule has 3 rings (SSSR count). The molecule has 1 amide bonds. The van der Waals surface area contributed by atoms with Gasteiger partial charge in [0.2, 0.25) is 5.16 Å². The first-order chi connectivity index (χ1) is 13.1. The average Bonchev–Trinajstić information content (AvgIpc) is 3.33. The van der Waals surface area contributed by atoms with Crippen molar-refractivity contribution in [3.05, 3.63) is 47.8 Å². The molecular formula is C18H22N6O2S. The van der Waals surface area contributed by atoms with Crippen molar-refractivity contribution in [1.29, 1.82) is 0 Å². The van der Waals surface area contributed by atoms with Crippen molar-refractivity contribution >= 4 is 17.7 Å². The Kier molecular flexibility index (Phi) is 6.25. The highest BCUT2D eigenvalue weighted by molar-refractivity contribution is 7.98. The van der Waals surface area contributed by atoms with Crippen molar-refractivity contribution in [1.82, 2.24) is 29.9 Å². The molecule has 3 aromatic rings. The summed E-state index contributed by atoms with van der Waals surface area (Å²) in [7, 11) is 3.48. The van der Waals surface area contributed by atoms with E-state index in [0.29, 0.717) is 36.2 Å². The fourth-order valence-electron chi connectivity index (χ4n) is 2.68. The minimum atomic E-state index is -0.0673. The molecule has 8 nitrogen and oxygen atoms in total. The van der Waals surface area contributed by atoms with Gasteiger partial charge in [-0.05, 0) is 18.4 Å². The number of aromatic nitrogens is 5. The summed E-state index contributed by atoms with van der Waals surface area (Å²) in [6, 6.07) is 7.39. The molecule has 0 aliphatic carbocycles. The van der Waals surface area contributed by atoms with E-state index in [4.69, 9.17) is 4.74 Å². The molecule has 0 aliphatic rings. The zero-order valence-electron chi connectivity index (χ0n) is 15.5. The second kappa shape index (κ2) is 8.83. The predicted octanol–water partition coefficient (Wildman–Crippen LogP) is 2.22. The van der Waals surface area contributed by atoms with E-state index in [2.05, 4.69) is 20.3 Å². The highest BCUT2D eigenvalue weighted by Gasteiger charge is 2.18. The van der Waals surface area contributed by atoms with Gasteiger partial charge < -0.3 is 9.64 Å². The highest BCUT2D eigenvalue weighted by atomic mass is 32.2. The number of amides is 1. The molecule has 9 heteroatoms. The highest BCUT2D eigenvalue weighted by Crippen LogP contribution is 2.20. The molecule has 2 aromatic heterocycles. The fraction of sp³-hybridized carbons (Fsp3) is 0.333. The standard InChI is InChI=1S/C18H22N6O2S/c1-23-11-13(10-19-23)12-24(7-8-26-2)17(25)15-6-4-5-14(9-15)16-20-18(27-3)22-21-16/h4-6,9-11H,7-8,12H2,1-3H3,(H,20,21,22). The van der Waals surface area contributed by atoms with Gasteiger partial charge in [0, 0.05) is 50.1 Å². The molecule has 0 aliphatic heterocycles. The summed E-state index contributed by atoms with van der Waals surface area (Å²) in [5, 5.41) is 11.9. The van der Waals surface area contributed by atoms with E-state index < -0.39 is 0 Å². The predicted molar refractivity (Wildman–Crippen MR) is 103 cm³/mol. The average molecular weight is 386 g/mol. The lowest BCUT2D eigenvalue weighted by atomic mass is 10.1. The largest absolute Gasteiger partial charge is 0.383 e. The van der Waals surface area contributed by atoms with Crippen molar-refractivity contribution in [2.24, 2.45) is 7.05 Å². The maximum atomic E-state index is 13.1.